The van der Waals surface area contributed by atoms with Crippen LogP contribution in [0.1, 0.15) is 45.6 Å². The molecule has 1 aliphatic carbocycles. The lowest BCUT2D eigenvalue weighted by Crippen LogP contribution is -2.38. The number of ether oxygens (including phenoxy) is 1. The Kier molecular flexibility index (Phi) is 4.43. The molecule has 3 heteroatoms. The Morgan fingerprint density at radius 1 is 1.30 bits per heavy atom. The lowest BCUT2D eigenvalue weighted by Gasteiger charge is -2.38. The zero-order valence-corrected chi connectivity index (χ0v) is 13.5. The molecule has 2 rings (SSSR count). The standard InChI is InChI=1S/C17H23ClO2/c1-11-5-7-13(15(19)9-11)17(2,3)12-6-8-14(18)16(10-12)20-4/h6,8,10-11,13H,5,7,9H2,1-4H3. The van der Waals surface area contributed by atoms with Gasteiger partial charge < -0.3 is 4.74 Å². The van der Waals surface area contributed by atoms with Crippen molar-refractivity contribution in [1.29, 1.82) is 0 Å². The van der Waals surface area contributed by atoms with Gasteiger partial charge in [-0.2, -0.15) is 0 Å². The van der Waals surface area contributed by atoms with Crippen LogP contribution in [0.5, 0.6) is 5.75 Å². The second-order valence-electron chi connectivity index (χ2n) is 6.48. The number of rotatable bonds is 3. The number of Topliss-reactive ketones (excluding diaryl/α,β-unsaturated/α-hetero) is 1. The number of carbonyl (C=O) groups is 1. The highest BCUT2D eigenvalue weighted by atomic mass is 35.5. The highest BCUT2D eigenvalue weighted by Crippen LogP contribution is 2.42. The van der Waals surface area contributed by atoms with Gasteiger partial charge >= 0.3 is 0 Å². The molecule has 2 atom stereocenters. The van der Waals surface area contributed by atoms with Crippen molar-refractivity contribution in [3.05, 3.63) is 28.8 Å². The molecule has 2 nitrogen and oxygen atoms in total. The minimum absolute atomic E-state index is 0.0876. The molecule has 110 valence electrons. The molecule has 20 heavy (non-hydrogen) atoms. The van der Waals surface area contributed by atoms with Crippen molar-refractivity contribution in [2.45, 2.75) is 45.4 Å². The van der Waals surface area contributed by atoms with Gasteiger partial charge in [0, 0.05) is 12.3 Å². The summed E-state index contributed by atoms with van der Waals surface area (Å²) in [6, 6.07) is 5.83. The van der Waals surface area contributed by atoms with E-state index in [0.29, 0.717) is 28.9 Å². The van der Waals surface area contributed by atoms with Crippen LogP contribution in [0, 0.1) is 11.8 Å². The predicted octanol–water partition coefficient (Wildman–Crippen LogP) is 4.63. The average molecular weight is 295 g/mol. The van der Waals surface area contributed by atoms with Crippen molar-refractivity contribution in [3.63, 3.8) is 0 Å². The van der Waals surface area contributed by atoms with Gasteiger partial charge in [0.2, 0.25) is 0 Å². The van der Waals surface area contributed by atoms with Crippen LogP contribution in [-0.2, 0) is 10.2 Å². The first-order valence-corrected chi connectivity index (χ1v) is 7.60. The molecule has 2 unspecified atom stereocenters. The zero-order chi connectivity index (χ0) is 14.9. The molecule has 0 radical (unpaired) electrons. The van der Waals surface area contributed by atoms with Gasteiger partial charge in [0.25, 0.3) is 0 Å². The molecule has 1 aromatic carbocycles. The summed E-state index contributed by atoms with van der Waals surface area (Å²) >= 11 is 6.09. The Morgan fingerprint density at radius 2 is 2.00 bits per heavy atom. The monoisotopic (exact) mass is 294 g/mol. The Morgan fingerprint density at radius 3 is 2.60 bits per heavy atom. The van der Waals surface area contributed by atoms with Gasteiger partial charge in [-0.15, -0.1) is 0 Å². The van der Waals surface area contributed by atoms with Gasteiger partial charge in [-0.1, -0.05) is 38.4 Å². The highest BCUT2D eigenvalue weighted by molar-refractivity contribution is 6.32. The highest BCUT2D eigenvalue weighted by Gasteiger charge is 2.39. The first-order valence-electron chi connectivity index (χ1n) is 7.23. The van der Waals surface area contributed by atoms with Gasteiger partial charge in [-0.05, 0) is 41.9 Å². The Balaban J connectivity index is 2.32. The summed E-state index contributed by atoms with van der Waals surface area (Å²) in [5.74, 6) is 1.68. The number of benzene rings is 1. The summed E-state index contributed by atoms with van der Waals surface area (Å²) in [6.45, 7) is 6.45. The van der Waals surface area contributed by atoms with Crippen molar-refractivity contribution >= 4 is 17.4 Å². The molecule has 1 fully saturated rings. The van der Waals surface area contributed by atoms with Crippen LogP contribution >= 0.6 is 11.6 Å². The smallest absolute Gasteiger partial charge is 0.137 e. The maximum atomic E-state index is 12.4. The van der Waals surface area contributed by atoms with Gasteiger partial charge in [0.1, 0.15) is 11.5 Å². The molecule has 1 aliphatic rings. The summed E-state index contributed by atoms with van der Waals surface area (Å²) in [5.41, 5.74) is 0.932. The van der Waals surface area contributed by atoms with E-state index in [0.717, 1.165) is 18.4 Å². The first kappa shape index (κ1) is 15.4. The molecular weight excluding hydrogens is 272 g/mol. The lowest BCUT2D eigenvalue weighted by atomic mass is 9.65. The largest absolute Gasteiger partial charge is 0.495 e. The molecule has 0 bridgehead atoms. The van der Waals surface area contributed by atoms with E-state index in [9.17, 15) is 4.79 Å². The molecule has 0 aliphatic heterocycles. The average Bonchev–Trinajstić information content (AvgIpc) is 2.38. The van der Waals surface area contributed by atoms with Crippen LogP contribution in [0.15, 0.2) is 18.2 Å². The van der Waals surface area contributed by atoms with E-state index >= 15 is 0 Å². The van der Waals surface area contributed by atoms with Crippen molar-refractivity contribution in [1.82, 2.24) is 0 Å². The Hall–Kier alpha value is -1.02. The Labute approximate surface area is 126 Å². The molecular formula is C17H23ClO2. The number of carbonyl (C=O) groups excluding carboxylic acids is 1. The molecule has 0 heterocycles. The minimum Gasteiger partial charge on any atom is -0.495 e. The topological polar surface area (TPSA) is 26.3 Å². The number of hydrogen-bond donors (Lipinski definition) is 0. The third-order valence-corrected chi connectivity index (χ3v) is 4.96. The number of ketones is 1. The Bertz CT molecular complexity index is 508. The zero-order valence-electron chi connectivity index (χ0n) is 12.7. The van der Waals surface area contributed by atoms with Crippen molar-refractivity contribution in [2.24, 2.45) is 11.8 Å². The van der Waals surface area contributed by atoms with Gasteiger partial charge in [-0.3, -0.25) is 4.79 Å². The maximum Gasteiger partial charge on any atom is 0.137 e. The molecule has 0 spiro atoms. The normalized spacial score (nSPS) is 23.8. The summed E-state index contributed by atoms with van der Waals surface area (Å²) in [6.07, 6.45) is 2.81. The van der Waals surface area contributed by atoms with Crippen molar-refractivity contribution in [3.8, 4) is 5.75 Å². The maximum absolute atomic E-state index is 12.4. The molecule has 1 saturated carbocycles. The van der Waals surface area contributed by atoms with Gasteiger partial charge in [0.15, 0.2) is 0 Å². The number of methoxy groups -OCH3 is 1. The minimum atomic E-state index is -0.185. The van der Waals surface area contributed by atoms with Gasteiger partial charge in [-0.25, -0.2) is 0 Å². The summed E-state index contributed by atoms with van der Waals surface area (Å²) in [5, 5.41) is 0.607. The van der Waals surface area contributed by atoms with Crippen molar-refractivity contribution < 1.29 is 9.53 Å². The van der Waals surface area contributed by atoms with Crippen LogP contribution in [0.2, 0.25) is 5.02 Å². The summed E-state index contributed by atoms with van der Waals surface area (Å²) in [7, 11) is 1.62. The first-order chi connectivity index (χ1) is 9.36. The van der Waals surface area contributed by atoms with Crippen molar-refractivity contribution in [2.75, 3.05) is 7.11 Å². The van der Waals surface area contributed by atoms with Crippen LogP contribution in [0.4, 0.5) is 0 Å². The summed E-state index contributed by atoms with van der Waals surface area (Å²) < 4.78 is 5.30. The number of hydrogen-bond acceptors (Lipinski definition) is 2. The van der Waals surface area contributed by atoms with E-state index in [1.165, 1.54) is 0 Å². The molecule has 0 amide bonds. The van der Waals surface area contributed by atoms with E-state index in [4.69, 9.17) is 16.3 Å². The predicted molar refractivity (Wildman–Crippen MR) is 82.5 cm³/mol. The second kappa shape index (κ2) is 5.77. The number of halogens is 1. The SMILES string of the molecule is COc1cc(C(C)(C)C2CCC(C)CC2=O)ccc1Cl. The van der Waals surface area contributed by atoms with E-state index in [-0.39, 0.29) is 11.3 Å². The molecule has 1 aromatic rings. The van der Waals surface area contributed by atoms with Gasteiger partial charge in [0.05, 0.1) is 12.1 Å². The van der Waals surface area contributed by atoms with Crippen LogP contribution in [0.25, 0.3) is 0 Å². The van der Waals surface area contributed by atoms with E-state index in [1.807, 2.05) is 18.2 Å². The van der Waals surface area contributed by atoms with E-state index < -0.39 is 0 Å². The molecule has 0 aromatic heterocycles. The van der Waals surface area contributed by atoms with Crippen LogP contribution in [0.3, 0.4) is 0 Å². The third kappa shape index (κ3) is 2.85. The molecule has 0 N–H and O–H groups in total. The second-order valence-corrected chi connectivity index (χ2v) is 6.88. The van der Waals surface area contributed by atoms with Crippen LogP contribution in [-0.4, -0.2) is 12.9 Å². The van der Waals surface area contributed by atoms with E-state index in [2.05, 4.69) is 20.8 Å². The third-order valence-electron chi connectivity index (χ3n) is 4.65. The fourth-order valence-electron chi connectivity index (χ4n) is 3.23. The van der Waals surface area contributed by atoms with Crippen LogP contribution < -0.4 is 4.74 Å². The summed E-state index contributed by atoms with van der Waals surface area (Å²) in [4.78, 5) is 12.4. The van der Waals surface area contributed by atoms with E-state index in [1.54, 1.807) is 7.11 Å². The molecule has 0 saturated heterocycles. The fraction of sp³-hybridized carbons (Fsp3) is 0.588. The lowest BCUT2D eigenvalue weighted by molar-refractivity contribution is -0.128. The quantitative estimate of drug-likeness (QED) is 0.812. The fourth-order valence-corrected chi connectivity index (χ4v) is 3.42.